The Labute approximate surface area is 168 Å². The van der Waals surface area contributed by atoms with Crippen molar-refractivity contribution in [3.05, 3.63) is 82.0 Å². The molecule has 0 aliphatic heterocycles. The zero-order valence-electron chi connectivity index (χ0n) is 14.1. The molecular weight excluding hydrogens is 414 g/mol. The van der Waals surface area contributed by atoms with Crippen LogP contribution in [-0.4, -0.2) is 5.91 Å². The van der Waals surface area contributed by atoms with E-state index in [1.807, 2.05) is 0 Å². The first-order chi connectivity index (χ1) is 13.2. The molecule has 1 N–H and O–H groups in total. The molecule has 0 saturated heterocycles. The molecule has 8 heteroatoms. The average molecular weight is 426 g/mol. The van der Waals surface area contributed by atoms with E-state index in [1.54, 1.807) is 30.3 Å². The van der Waals surface area contributed by atoms with Crippen LogP contribution in [-0.2, 0) is 11.0 Å². The maximum absolute atomic E-state index is 12.7. The number of benzene rings is 2. The van der Waals surface area contributed by atoms with Gasteiger partial charge in [0.25, 0.3) is 0 Å². The fourth-order valence-electron chi connectivity index (χ4n) is 2.39. The minimum Gasteiger partial charge on any atom is -0.457 e. The number of amides is 1. The van der Waals surface area contributed by atoms with Crippen LogP contribution < -0.4 is 5.32 Å². The summed E-state index contributed by atoms with van der Waals surface area (Å²) in [6.07, 6.45) is -1.92. The van der Waals surface area contributed by atoms with Gasteiger partial charge in [0.05, 0.1) is 10.6 Å². The van der Waals surface area contributed by atoms with Gasteiger partial charge in [0.1, 0.15) is 11.5 Å². The van der Waals surface area contributed by atoms with Gasteiger partial charge in [-0.2, -0.15) is 13.2 Å². The standard InChI is InChI=1S/C20H12Cl2F3NO2/c21-13-4-7-16(17(22)11-13)18-8-5-15(28-18)6-9-19(27)26-14-3-1-2-12(10-14)20(23,24)25/h1-11H,(H,26,27). The highest BCUT2D eigenvalue weighted by atomic mass is 35.5. The molecule has 28 heavy (non-hydrogen) atoms. The SMILES string of the molecule is O=C(C=Cc1ccc(-c2ccc(Cl)cc2Cl)o1)Nc1cccc(C(F)(F)F)c1. The van der Waals surface area contributed by atoms with Crippen LogP contribution in [0.3, 0.4) is 0 Å². The molecule has 0 spiro atoms. The minimum atomic E-state index is -4.48. The number of anilines is 1. The lowest BCUT2D eigenvalue weighted by Gasteiger charge is -2.08. The van der Waals surface area contributed by atoms with Crippen molar-refractivity contribution in [2.24, 2.45) is 0 Å². The van der Waals surface area contributed by atoms with Crippen molar-refractivity contribution in [2.45, 2.75) is 6.18 Å². The molecule has 3 nitrogen and oxygen atoms in total. The van der Waals surface area contributed by atoms with Crippen molar-refractivity contribution in [2.75, 3.05) is 5.32 Å². The van der Waals surface area contributed by atoms with Gasteiger partial charge in [-0.15, -0.1) is 0 Å². The van der Waals surface area contributed by atoms with Crippen LogP contribution in [0.25, 0.3) is 17.4 Å². The van der Waals surface area contributed by atoms with E-state index < -0.39 is 17.6 Å². The highest BCUT2D eigenvalue weighted by molar-refractivity contribution is 6.36. The Balaban J connectivity index is 1.69. The van der Waals surface area contributed by atoms with Crippen LogP contribution in [0, 0.1) is 0 Å². The Morgan fingerprint density at radius 3 is 2.54 bits per heavy atom. The molecule has 0 aliphatic rings. The van der Waals surface area contributed by atoms with E-state index in [9.17, 15) is 18.0 Å². The molecule has 1 amide bonds. The predicted octanol–water partition coefficient (Wildman–Crippen LogP) is 6.92. The number of hydrogen-bond donors (Lipinski definition) is 1. The van der Waals surface area contributed by atoms with Gasteiger partial charge in [-0.05, 0) is 54.6 Å². The number of rotatable bonds is 4. The van der Waals surface area contributed by atoms with Crippen molar-refractivity contribution in [1.29, 1.82) is 0 Å². The number of hydrogen-bond acceptors (Lipinski definition) is 2. The Hall–Kier alpha value is -2.70. The van der Waals surface area contributed by atoms with Gasteiger partial charge in [-0.3, -0.25) is 4.79 Å². The molecule has 0 atom stereocenters. The summed E-state index contributed by atoms with van der Waals surface area (Å²) in [4.78, 5) is 12.0. The Bertz CT molecular complexity index is 1040. The van der Waals surface area contributed by atoms with E-state index in [0.29, 0.717) is 27.1 Å². The van der Waals surface area contributed by atoms with Gasteiger partial charge < -0.3 is 9.73 Å². The third-order valence-electron chi connectivity index (χ3n) is 3.68. The highest BCUT2D eigenvalue weighted by Crippen LogP contribution is 2.32. The number of nitrogens with one attached hydrogen (secondary N) is 1. The van der Waals surface area contributed by atoms with E-state index in [4.69, 9.17) is 27.6 Å². The second kappa shape index (κ2) is 8.12. The summed E-state index contributed by atoms with van der Waals surface area (Å²) in [5, 5.41) is 3.28. The van der Waals surface area contributed by atoms with Gasteiger partial charge in [0.2, 0.25) is 5.91 Å². The van der Waals surface area contributed by atoms with Crippen molar-refractivity contribution in [3.63, 3.8) is 0 Å². The van der Waals surface area contributed by atoms with Crippen molar-refractivity contribution >= 4 is 40.9 Å². The monoisotopic (exact) mass is 425 g/mol. The number of alkyl halides is 3. The molecule has 1 aromatic heterocycles. The number of carbonyl (C=O) groups is 1. The number of halogens is 5. The van der Waals surface area contributed by atoms with Crippen molar-refractivity contribution in [3.8, 4) is 11.3 Å². The average Bonchev–Trinajstić information content (AvgIpc) is 3.08. The van der Waals surface area contributed by atoms with Crippen LogP contribution >= 0.6 is 23.2 Å². The third-order valence-corrected chi connectivity index (χ3v) is 4.23. The van der Waals surface area contributed by atoms with Gasteiger partial charge in [-0.1, -0.05) is 29.3 Å². The first kappa shape index (κ1) is 20.0. The van der Waals surface area contributed by atoms with Crippen molar-refractivity contribution < 1.29 is 22.4 Å². The smallest absolute Gasteiger partial charge is 0.416 e. The highest BCUT2D eigenvalue weighted by Gasteiger charge is 2.30. The fourth-order valence-corrected chi connectivity index (χ4v) is 2.89. The van der Waals surface area contributed by atoms with E-state index in [1.165, 1.54) is 18.2 Å². The topological polar surface area (TPSA) is 42.2 Å². The predicted molar refractivity (Wildman–Crippen MR) is 103 cm³/mol. The lowest BCUT2D eigenvalue weighted by atomic mass is 10.2. The molecule has 3 rings (SSSR count). The van der Waals surface area contributed by atoms with E-state index in [-0.39, 0.29) is 5.69 Å². The normalized spacial score (nSPS) is 11.8. The molecule has 144 valence electrons. The maximum Gasteiger partial charge on any atom is 0.416 e. The molecule has 3 aromatic rings. The van der Waals surface area contributed by atoms with Crippen LogP contribution in [0.5, 0.6) is 0 Å². The molecule has 0 aliphatic carbocycles. The lowest BCUT2D eigenvalue weighted by molar-refractivity contribution is -0.137. The molecule has 0 saturated carbocycles. The number of furan rings is 1. The zero-order chi connectivity index (χ0) is 20.3. The van der Waals surface area contributed by atoms with Gasteiger partial charge >= 0.3 is 6.18 Å². The summed E-state index contributed by atoms with van der Waals surface area (Å²) in [7, 11) is 0. The van der Waals surface area contributed by atoms with E-state index in [0.717, 1.165) is 18.2 Å². The molecule has 1 heterocycles. The zero-order valence-corrected chi connectivity index (χ0v) is 15.6. The van der Waals surface area contributed by atoms with E-state index >= 15 is 0 Å². The van der Waals surface area contributed by atoms with Crippen LogP contribution in [0.15, 0.2) is 65.1 Å². The molecule has 0 bridgehead atoms. The molecule has 0 radical (unpaired) electrons. The van der Waals surface area contributed by atoms with Gasteiger partial charge in [-0.25, -0.2) is 0 Å². The van der Waals surface area contributed by atoms with Crippen molar-refractivity contribution in [1.82, 2.24) is 0 Å². The largest absolute Gasteiger partial charge is 0.457 e. The summed E-state index contributed by atoms with van der Waals surface area (Å²) in [6.45, 7) is 0. The minimum absolute atomic E-state index is 0.0394. The fraction of sp³-hybridized carbons (Fsp3) is 0.0500. The summed E-state index contributed by atoms with van der Waals surface area (Å²) < 4.78 is 43.7. The van der Waals surface area contributed by atoms with Crippen LogP contribution in [0.4, 0.5) is 18.9 Å². The molecule has 2 aromatic carbocycles. The van der Waals surface area contributed by atoms with Gasteiger partial charge in [0.15, 0.2) is 0 Å². The summed E-state index contributed by atoms with van der Waals surface area (Å²) in [5.74, 6) is 0.265. The Morgan fingerprint density at radius 2 is 1.82 bits per heavy atom. The summed E-state index contributed by atoms with van der Waals surface area (Å²) in [6, 6.07) is 12.6. The molecule has 0 unspecified atom stereocenters. The second-order valence-electron chi connectivity index (χ2n) is 5.73. The first-order valence-corrected chi connectivity index (χ1v) is 8.69. The van der Waals surface area contributed by atoms with E-state index in [2.05, 4.69) is 5.32 Å². The number of carbonyl (C=O) groups excluding carboxylic acids is 1. The third kappa shape index (κ3) is 4.97. The lowest BCUT2D eigenvalue weighted by Crippen LogP contribution is -2.10. The molecular formula is C20H12Cl2F3NO2. The quantitative estimate of drug-likeness (QED) is 0.460. The summed E-state index contributed by atoms with van der Waals surface area (Å²) >= 11 is 12.0. The second-order valence-corrected chi connectivity index (χ2v) is 6.57. The Morgan fingerprint density at radius 1 is 1.04 bits per heavy atom. The summed E-state index contributed by atoms with van der Waals surface area (Å²) in [5.41, 5.74) is -0.165. The van der Waals surface area contributed by atoms with Gasteiger partial charge in [0, 0.05) is 22.3 Å². The maximum atomic E-state index is 12.7. The Kier molecular flexibility index (Phi) is 5.82. The molecule has 0 fully saturated rings. The van der Waals surface area contributed by atoms with Crippen LogP contribution in [0.2, 0.25) is 10.0 Å². The first-order valence-electron chi connectivity index (χ1n) is 7.94. The van der Waals surface area contributed by atoms with Crippen LogP contribution in [0.1, 0.15) is 11.3 Å².